The summed E-state index contributed by atoms with van der Waals surface area (Å²) >= 11 is 0. The lowest BCUT2D eigenvalue weighted by atomic mass is 10.1. The monoisotopic (exact) mass is 226 g/mol. The fraction of sp³-hybridized carbons (Fsp3) is 0.500. The SMILES string of the molecule is C=CCOC(=O)CCC(C)C(=O)OCC=C. The second-order valence-electron chi connectivity index (χ2n) is 3.33. The summed E-state index contributed by atoms with van der Waals surface area (Å²) in [6.45, 7) is 8.98. The zero-order valence-electron chi connectivity index (χ0n) is 9.61. The number of carbonyl (C=O) groups excluding carboxylic acids is 2. The van der Waals surface area contributed by atoms with Gasteiger partial charge in [0.05, 0.1) is 5.92 Å². The lowest BCUT2D eigenvalue weighted by molar-refractivity contribution is -0.148. The summed E-state index contributed by atoms with van der Waals surface area (Å²) in [7, 11) is 0. The molecule has 0 aromatic carbocycles. The maximum absolute atomic E-state index is 11.3. The number of carbonyl (C=O) groups is 2. The van der Waals surface area contributed by atoms with Gasteiger partial charge < -0.3 is 9.47 Å². The highest BCUT2D eigenvalue weighted by molar-refractivity contribution is 5.74. The third-order valence-corrected chi connectivity index (χ3v) is 1.89. The molecular weight excluding hydrogens is 208 g/mol. The van der Waals surface area contributed by atoms with E-state index in [9.17, 15) is 9.59 Å². The normalized spacial score (nSPS) is 11.3. The van der Waals surface area contributed by atoms with Gasteiger partial charge in [-0.25, -0.2) is 0 Å². The van der Waals surface area contributed by atoms with Crippen LogP contribution >= 0.6 is 0 Å². The minimum absolute atomic E-state index is 0.198. The quantitative estimate of drug-likeness (QED) is 0.468. The minimum atomic E-state index is -0.330. The first-order chi connectivity index (χ1) is 7.61. The second-order valence-corrected chi connectivity index (χ2v) is 3.33. The second kappa shape index (κ2) is 8.71. The Morgan fingerprint density at radius 1 is 1.19 bits per heavy atom. The molecule has 4 nitrogen and oxygen atoms in total. The van der Waals surface area contributed by atoms with Gasteiger partial charge in [-0.05, 0) is 6.42 Å². The molecule has 0 aromatic heterocycles. The largest absolute Gasteiger partial charge is 0.461 e. The Kier molecular flexibility index (Phi) is 7.85. The molecule has 90 valence electrons. The molecule has 0 radical (unpaired) electrons. The van der Waals surface area contributed by atoms with Gasteiger partial charge >= 0.3 is 11.9 Å². The minimum Gasteiger partial charge on any atom is -0.461 e. The molecule has 4 heteroatoms. The van der Waals surface area contributed by atoms with Crippen LogP contribution in [-0.4, -0.2) is 25.2 Å². The topological polar surface area (TPSA) is 52.6 Å². The summed E-state index contributed by atoms with van der Waals surface area (Å²) in [5.41, 5.74) is 0. The molecule has 0 fully saturated rings. The number of hydrogen-bond donors (Lipinski definition) is 0. The average molecular weight is 226 g/mol. The van der Waals surface area contributed by atoms with Gasteiger partial charge in [-0.3, -0.25) is 9.59 Å². The Balaban J connectivity index is 3.74. The van der Waals surface area contributed by atoms with Gasteiger partial charge in [0, 0.05) is 6.42 Å². The molecule has 0 bridgehead atoms. The van der Waals surface area contributed by atoms with Crippen LogP contribution in [-0.2, 0) is 19.1 Å². The molecule has 0 aliphatic heterocycles. The highest BCUT2D eigenvalue weighted by Gasteiger charge is 2.15. The third kappa shape index (κ3) is 6.81. The van der Waals surface area contributed by atoms with Crippen molar-refractivity contribution < 1.29 is 19.1 Å². The fourth-order valence-corrected chi connectivity index (χ4v) is 0.960. The maximum Gasteiger partial charge on any atom is 0.308 e. The summed E-state index contributed by atoms with van der Waals surface area (Å²) in [5.74, 6) is -0.962. The van der Waals surface area contributed by atoms with E-state index in [1.807, 2.05) is 0 Å². The molecule has 0 saturated carbocycles. The number of hydrogen-bond acceptors (Lipinski definition) is 4. The zero-order valence-corrected chi connectivity index (χ0v) is 9.61. The Morgan fingerprint density at radius 2 is 1.75 bits per heavy atom. The molecular formula is C12H18O4. The molecule has 0 rings (SSSR count). The van der Waals surface area contributed by atoms with Gasteiger partial charge in [-0.15, -0.1) is 0 Å². The average Bonchev–Trinajstić information content (AvgIpc) is 2.30. The van der Waals surface area contributed by atoms with Crippen LogP contribution in [0.2, 0.25) is 0 Å². The van der Waals surface area contributed by atoms with Crippen molar-refractivity contribution in [1.82, 2.24) is 0 Å². The van der Waals surface area contributed by atoms with Gasteiger partial charge in [0.1, 0.15) is 13.2 Å². The van der Waals surface area contributed by atoms with Crippen molar-refractivity contribution in [2.45, 2.75) is 19.8 Å². The van der Waals surface area contributed by atoms with Gasteiger partial charge in [-0.2, -0.15) is 0 Å². The molecule has 0 aromatic rings. The van der Waals surface area contributed by atoms with E-state index < -0.39 is 0 Å². The van der Waals surface area contributed by atoms with Crippen LogP contribution < -0.4 is 0 Å². The van der Waals surface area contributed by atoms with Gasteiger partial charge in [0.15, 0.2) is 0 Å². The lowest BCUT2D eigenvalue weighted by Crippen LogP contribution is -2.16. The van der Waals surface area contributed by atoms with Crippen molar-refractivity contribution in [3.63, 3.8) is 0 Å². The maximum atomic E-state index is 11.3. The summed E-state index contributed by atoms with van der Waals surface area (Å²) < 4.78 is 9.62. The predicted molar refractivity (Wildman–Crippen MR) is 60.7 cm³/mol. The van der Waals surface area contributed by atoms with Crippen molar-refractivity contribution in [3.8, 4) is 0 Å². The summed E-state index contributed by atoms with van der Waals surface area (Å²) in [4.78, 5) is 22.4. The Morgan fingerprint density at radius 3 is 2.31 bits per heavy atom. The van der Waals surface area contributed by atoms with Crippen molar-refractivity contribution in [1.29, 1.82) is 0 Å². The van der Waals surface area contributed by atoms with E-state index in [0.29, 0.717) is 6.42 Å². The first kappa shape index (κ1) is 14.4. The molecule has 16 heavy (non-hydrogen) atoms. The van der Waals surface area contributed by atoms with E-state index in [4.69, 9.17) is 9.47 Å². The standard InChI is InChI=1S/C12H18O4/c1-4-8-15-11(13)7-6-10(3)12(14)16-9-5-2/h4-5,10H,1-2,6-9H2,3H3. The number of rotatable bonds is 8. The van der Waals surface area contributed by atoms with E-state index in [0.717, 1.165) is 0 Å². The van der Waals surface area contributed by atoms with Gasteiger partial charge in [-0.1, -0.05) is 32.2 Å². The number of esters is 2. The Hall–Kier alpha value is -1.58. The van der Waals surface area contributed by atoms with Crippen LogP contribution in [0.15, 0.2) is 25.3 Å². The fourth-order valence-electron chi connectivity index (χ4n) is 0.960. The lowest BCUT2D eigenvalue weighted by Gasteiger charge is -2.09. The van der Waals surface area contributed by atoms with Crippen LogP contribution in [0, 0.1) is 5.92 Å². The Bertz CT molecular complexity index is 258. The van der Waals surface area contributed by atoms with Crippen LogP contribution in [0.4, 0.5) is 0 Å². The molecule has 0 aliphatic carbocycles. The van der Waals surface area contributed by atoms with Crippen LogP contribution in [0.25, 0.3) is 0 Å². The molecule has 0 spiro atoms. The molecule has 1 atom stereocenters. The van der Waals surface area contributed by atoms with E-state index in [-0.39, 0.29) is 37.5 Å². The molecule has 0 saturated heterocycles. The van der Waals surface area contributed by atoms with Crippen molar-refractivity contribution in [2.75, 3.05) is 13.2 Å². The molecule has 1 unspecified atom stereocenters. The third-order valence-electron chi connectivity index (χ3n) is 1.89. The van der Waals surface area contributed by atoms with Gasteiger partial charge in [0.2, 0.25) is 0 Å². The zero-order chi connectivity index (χ0) is 12.4. The Labute approximate surface area is 95.9 Å². The first-order valence-corrected chi connectivity index (χ1v) is 5.15. The summed E-state index contributed by atoms with van der Waals surface area (Å²) in [6, 6.07) is 0. The first-order valence-electron chi connectivity index (χ1n) is 5.15. The predicted octanol–water partition coefficient (Wildman–Crippen LogP) is 1.86. The highest BCUT2D eigenvalue weighted by atomic mass is 16.5. The molecule has 0 amide bonds. The van der Waals surface area contributed by atoms with E-state index in [2.05, 4.69) is 13.2 Å². The van der Waals surface area contributed by atoms with Crippen molar-refractivity contribution >= 4 is 11.9 Å². The van der Waals surface area contributed by atoms with Gasteiger partial charge in [0.25, 0.3) is 0 Å². The van der Waals surface area contributed by atoms with Crippen LogP contribution in [0.3, 0.4) is 0 Å². The molecule has 0 heterocycles. The van der Waals surface area contributed by atoms with Crippen LogP contribution in [0.1, 0.15) is 19.8 Å². The van der Waals surface area contributed by atoms with Crippen LogP contribution in [0.5, 0.6) is 0 Å². The summed E-state index contributed by atoms with van der Waals surface area (Å²) in [5, 5.41) is 0. The van der Waals surface area contributed by atoms with E-state index >= 15 is 0 Å². The highest BCUT2D eigenvalue weighted by Crippen LogP contribution is 2.08. The number of ether oxygens (including phenoxy) is 2. The smallest absolute Gasteiger partial charge is 0.308 e. The van der Waals surface area contributed by atoms with E-state index in [1.54, 1.807) is 6.92 Å². The summed E-state index contributed by atoms with van der Waals surface area (Å²) in [6.07, 6.45) is 3.63. The molecule has 0 N–H and O–H groups in total. The van der Waals surface area contributed by atoms with E-state index in [1.165, 1.54) is 12.2 Å². The molecule has 0 aliphatic rings. The van der Waals surface area contributed by atoms with Crippen molar-refractivity contribution in [2.24, 2.45) is 5.92 Å². The van der Waals surface area contributed by atoms with Crippen molar-refractivity contribution in [3.05, 3.63) is 25.3 Å².